The van der Waals surface area contributed by atoms with E-state index in [1.165, 1.54) is 25.3 Å². The summed E-state index contributed by atoms with van der Waals surface area (Å²) in [6, 6.07) is 9.69. The summed E-state index contributed by atoms with van der Waals surface area (Å²) in [7, 11) is -3.20. The van der Waals surface area contributed by atoms with Gasteiger partial charge in [0.15, 0.2) is 9.84 Å². The lowest BCUT2D eigenvalue weighted by Crippen LogP contribution is -2.42. The molecule has 2 aliphatic carbocycles. The van der Waals surface area contributed by atoms with Crippen LogP contribution in [0.3, 0.4) is 0 Å². The number of rotatable bonds is 6. The predicted molar refractivity (Wildman–Crippen MR) is 117 cm³/mol. The van der Waals surface area contributed by atoms with Gasteiger partial charge in [0.2, 0.25) is 5.91 Å². The molecule has 1 N–H and O–H groups in total. The Labute approximate surface area is 199 Å². The molecular weight excluding hydrogens is 488 g/mol. The first-order chi connectivity index (χ1) is 16.4. The molecule has 6 nitrogen and oxygen atoms in total. The number of nitriles is 1. The Hall–Kier alpha value is -2.97. The molecule has 3 atom stereocenters. The summed E-state index contributed by atoms with van der Waals surface area (Å²) in [4.78, 5) is 11.9. The number of methoxy groups -OCH3 is 1. The van der Waals surface area contributed by atoms with Gasteiger partial charge in [0.05, 0.1) is 33.8 Å². The number of ether oxygens (including phenoxy) is 1. The highest BCUT2D eigenvalue weighted by Crippen LogP contribution is 2.43. The summed E-state index contributed by atoms with van der Waals surface area (Å²) in [5.74, 6) is -2.02. The average molecular weight is 511 g/mol. The predicted octanol–water partition coefficient (Wildman–Crippen LogP) is 4.25. The topological polar surface area (TPSA) is 96.3 Å². The maximum absolute atomic E-state index is 14.0. The van der Waals surface area contributed by atoms with E-state index in [4.69, 9.17) is 4.74 Å². The van der Waals surface area contributed by atoms with Crippen LogP contribution in [-0.4, -0.2) is 38.3 Å². The molecule has 2 saturated carbocycles. The van der Waals surface area contributed by atoms with Crippen LogP contribution in [0.4, 0.5) is 17.6 Å². The number of benzene rings is 2. The molecular formula is C24H22F4N2O4S. The number of sulfone groups is 1. The van der Waals surface area contributed by atoms with Gasteiger partial charge in [0, 0.05) is 7.11 Å². The van der Waals surface area contributed by atoms with Crippen LogP contribution >= 0.6 is 0 Å². The van der Waals surface area contributed by atoms with E-state index < -0.39 is 61.0 Å². The van der Waals surface area contributed by atoms with Crippen molar-refractivity contribution < 1.29 is 35.5 Å². The summed E-state index contributed by atoms with van der Waals surface area (Å²) in [6.45, 7) is 0. The molecule has 11 heteroatoms. The zero-order valence-corrected chi connectivity index (χ0v) is 19.4. The summed E-state index contributed by atoms with van der Waals surface area (Å²) < 4.78 is 87.2. The number of amides is 1. The van der Waals surface area contributed by atoms with E-state index in [9.17, 15) is 36.0 Å². The van der Waals surface area contributed by atoms with Crippen LogP contribution in [-0.2, 0) is 25.5 Å². The molecule has 2 aromatic carbocycles. The molecule has 0 aromatic heterocycles. The Balaban J connectivity index is 1.66. The second kappa shape index (κ2) is 8.91. The largest absolute Gasteiger partial charge is 0.417 e. The van der Waals surface area contributed by atoms with Crippen LogP contribution in [0.5, 0.6) is 0 Å². The molecule has 4 rings (SSSR count). The maximum atomic E-state index is 14.0. The van der Waals surface area contributed by atoms with Gasteiger partial charge in [-0.2, -0.15) is 18.4 Å². The highest BCUT2D eigenvalue weighted by atomic mass is 32.2. The molecule has 0 spiro atoms. The van der Waals surface area contributed by atoms with Gasteiger partial charge in [0.25, 0.3) is 0 Å². The third-order valence-corrected chi connectivity index (χ3v) is 8.87. The molecule has 35 heavy (non-hydrogen) atoms. The van der Waals surface area contributed by atoms with Crippen molar-refractivity contribution in [3.63, 3.8) is 0 Å². The third-order valence-electron chi connectivity index (χ3n) is 6.63. The quantitative estimate of drug-likeness (QED) is 0.587. The number of carbonyl (C=O) groups excluding carboxylic acids is 1. The monoisotopic (exact) mass is 510 g/mol. The summed E-state index contributed by atoms with van der Waals surface area (Å²) >= 11 is 0. The second-order valence-electron chi connectivity index (χ2n) is 8.92. The van der Waals surface area contributed by atoms with Gasteiger partial charge in [-0.25, -0.2) is 12.8 Å². The Bertz CT molecular complexity index is 1280. The second-order valence-corrected chi connectivity index (χ2v) is 11.1. The first-order valence-electron chi connectivity index (χ1n) is 10.9. The Kier molecular flexibility index (Phi) is 6.40. The van der Waals surface area contributed by atoms with Gasteiger partial charge in [-0.15, -0.1) is 0 Å². The van der Waals surface area contributed by atoms with Crippen LogP contribution in [0.1, 0.15) is 31.2 Å². The molecule has 0 radical (unpaired) electrons. The van der Waals surface area contributed by atoms with Crippen molar-refractivity contribution in [2.24, 2.45) is 5.92 Å². The molecule has 186 valence electrons. The lowest BCUT2D eigenvalue weighted by atomic mass is 10.0. The van der Waals surface area contributed by atoms with Crippen molar-refractivity contribution in [2.75, 3.05) is 7.11 Å². The van der Waals surface area contributed by atoms with Crippen molar-refractivity contribution >= 4 is 15.7 Å². The fourth-order valence-electron chi connectivity index (χ4n) is 4.46. The summed E-state index contributed by atoms with van der Waals surface area (Å²) in [6.07, 6.45) is -5.22. The SMILES string of the molecule is CO[C@H]1C[C@@H](S(=O)(=O)c2ccc(-c3ccc(F)cc3)cc2C(F)(F)F)C[C@@H]1C(=O)NC1(C#N)CC1. The molecule has 0 aliphatic heterocycles. The fraction of sp³-hybridized carbons (Fsp3) is 0.417. The Morgan fingerprint density at radius 2 is 1.74 bits per heavy atom. The first-order valence-corrected chi connectivity index (χ1v) is 12.4. The highest BCUT2D eigenvalue weighted by molar-refractivity contribution is 7.92. The molecule has 2 aromatic rings. The lowest BCUT2D eigenvalue weighted by molar-refractivity contribution is -0.139. The van der Waals surface area contributed by atoms with Crippen LogP contribution < -0.4 is 5.32 Å². The van der Waals surface area contributed by atoms with Crippen LogP contribution in [0.2, 0.25) is 0 Å². The van der Waals surface area contributed by atoms with Crippen molar-refractivity contribution in [3.05, 3.63) is 53.8 Å². The molecule has 2 fully saturated rings. The van der Waals surface area contributed by atoms with Crippen molar-refractivity contribution in [1.29, 1.82) is 5.26 Å². The molecule has 2 aliphatic rings. The minimum atomic E-state index is -4.97. The smallest absolute Gasteiger partial charge is 0.381 e. The van der Waals surface area contributed by atoms with E-state index in [1.807, 2.05) is 6.07 Å². The van der Waals surface area contributed by atoms with Gasteiger partial charge in [-0.3, -0.25) is 4.79 Å². The van der Waals surface area contributed by atoms with E-state index >= 15 is 0 Å². The van der Waals surface area contributed by atoms with E-state index in [-0.39, 0.29) is 18.4 Å². The van der Waals surface area contributed by atoms with Crippen LogP contribution in [0, 0.1) is 23.1 Å². The summed E-state index contributed by atoms with van der Waals surface area (Å²) in [5, 5.41) is 10.5. The van der Waals surface area contributed by atoms with Gasteiger partial charge >= 0.3 is 6.18 Å². The van der Waals surface area contributed by atoms with E-state index in [1.54, 1.807) is 0 Å². The minimum Gasteiger partial charge on any atom is -0.381 e. The van der Waals surface area contributed by atoms with Crippen molar-refractivity contribution in [3.8, 4) is 17.2 Å². The first kappa shape index (κ1) is 25.1. The van der Waals surface area contributed by atoms with Gasteiger partial charge < -0.3 is 10.1 Å². The lowest BCUT2D eigenvalue weighted by Gasteiger charge is -2.19. The Morgan fingerprint density at radius 1 is 1.11 bits per heavy atom. The normalized spacial score (nSPS) is 23.5. The number of halogens is 4. The van der Waals surface area contributed by atoms with Crippen molar-refractivity contribution in [2.45, 2.75) is 53.6 Å². The van der Waals surface area contributed by atoms with E-state index in [2.05, 4.69) is 5.32 Å². The molecule has 1 amide bonds. The number of carbonyl (C=O) groups is 1. The van der Waals surface area contributed by atoms with E-state index in [0.717, 1.165) is 24.3 Å². The van der Waals surface area contributed by atoms with Gasteiger partial charge in [-0.05, 0) is 61.1 Å². The van der Waals surface area contributed by atoms with Crippen LogP contribution in [0.25, 0.3) is 11.1 Å². The number of alkyl halides is 3. The van der Waals surface area contributed by atoms with Gasteiger partial charge in [-0.1, -0.05) is 18.2 Å². The molecule has 0 bridgehead atoms. The zero-order valence-electron chi connectivity index (χ0n) is 18.6. The maximum Gasteiger partial charge on any atom is 0.417 e. The minimum absolute atomic E-state index is 0.0842. The standard InChI is InChI=1S/C24H22F4N2O4S/c1-34-20-12-17(11-18(20)22(31)30-23(13-29)8-9-23)35(32,33)21-7-4-15(10-19(21)24(26,27)28)14-2-5-16(25)6-3-14/h2-7,10,17-18,20H,8-9,11-12H2,1H3,(H,30,31)/t17-,18-,20-/m0/s1. The van der Waals surface area contributed by atoms with Crippen molar-refractivity contribution in [1.82, 2.24) is 5.32 Å². The molecule has 0 heterocycles. The van der Waals surface area contributed by atoms with Crippen LogP contribution in [0.15, 0.2) is 47.4 Å². The van der Waals surface area contributed by atoms with Gasteiger partial charge in [0.1, 0.15) is 11.4 Å². The third kappa shape index (κ3) is 4.90. The summed E-state index contributed by atoms with van der Waals surface area (Å²) in [5.41, 5.74) is -1.92. The number of hydrogen-bond acceptors (Lipinski definition) is 5. The fourth-order valence-corrected chi connectivity index (χ4v) is 6.47. The number of nitrogens with one attached hydrogen (secondary N) is 1. The zero-order chi connectivity index (χ0) is 25.6. The Morgan fingerprint density at radius 3 is 2.29 bits per heavy atom. The highest BCUT2D eigenvalue weighted by Gasteiger charge is 2.51. The number of nitrogens with zero attached hydrogens (tertiary/aromatic N) is 1. The molecule has 0 saturated heterocycles. The van der Waals surface area contributed by atoms with E-state index in [0.29, 0.717) is 18.4 Å². The molecule has 0 unspecified atom stereocenters. The average Bonchev–Trinajstić information content (AvgIpc) is 3.44. The number of hydrogen-bond donors (Lipinski definition) is 1.